The van der Waals surface area contributed by atoms with Crippen molar-refractivity contribution >= 4 is 16.5 Å². The average Bonchev–Trinajstić information content (AvgIpc) is 2.58. The van der Waals surface area contributed by atoms with E-state index >= 15 is 0 Å². The SMILES string of the molecule is CCCCC(CC)Nc1nnc(C)s1. The van der Waals surface area contributed by atoms with Gasteiger partial charge in [-0.05, 0) is 19.8 Å². The summed E-state index contributed by atoms with van der Waals surface area (Å²) in [6, 6.07) is 0.558. The summed E-state index contributed by atoms with van der Waals surface area (Å²) in [7, 11) is 0. The van der Waals surface area contributed by atoms with Crippen LogP contribution in [-0.2, 0) is 0 Å². The number of aryl methyl sites for hydroxylation is 1. The summed E-state index contributed by atoms with van der Waals surface area (Å²) in [6.07, 6.45) is 4.92. The highest BCUT2D eigenvalue weighted by atomic mass is 32.1. The van der Waals surface area contributed by atoms with E-state index in [1.807, 2.05) is 6.92 Å². The molecule has 0 saturated heterocycles. The Morgan fingerprint density at radius 3 is 2.64 bits per heavy atom. The van der Waals surface area contributed by atoms with Crippen molar-refractivity contribution in [2.75, 3.05) is 5.32 Å². The highest BCUT2D eigenvalue weighted by Crippen LogP contribution is 2.17. The molecule has 14 heavy (non-hydrogen) atoms. The summed E-state index contributed by atoms with van der Waals surface area (Å²) < 4.78 is 0. The molecule has 1 rings (SSSR count). The monoisotopic (exact) mass is 213 g/mol. The second kappa shape index (κ2) is 5.96. The van der Waals surface area contributed by atoms with Gasteiger partial charge in [0, 0.05) is 6.04 Å². The van der Waals surface area contributed by atoms with Gasteiger partial charge in [0.25, 0.3) is 0 Å². The van der Waals surface area contributed by atoms with Gasteiger partial charge in [-0.2, -0.15) is 0 Å². The molecule has 4 heteroatoms. The van der Waals surface area contributed by atoms with Gasteiger partial charge in [0.05, 0.1) is 0 Å². The molecule has 1 N–H and O–H groups in total. The fraction of sp³-hybridized carbons (Fsp3) is 0.800. The first-order valence-corrected chi connectivity index (χ1v) is 6.14. The lowest BCUT2D eigenvalue weighted by Crippen LogP contribution is -2.17. The first-order chi connectivity index (χ1) is 6.76. The number of nitrogens with zero attached hydrogens (tertiary/aromatic N) is 2. The van der Waals surface area contributed by atoms with Crippen LogP contribution in [0, 0.1) is 6.92 Å². The summed E-state index contributed by atoms with van der Waals surface area (Å²) in [5, 5.41) is 13.5. The lowest BCUT2D eigenvalue weighted by molar-refractivity contribution is 0.592. The van der Waals surface area contributed by atoms with Crippen LogP contribution in [0.2, 0.25) is 0 Å². The lowest BCUT2D eigenvalue weighted by atomic mass is 10.1. The number of aromatic nitrogens is 2. The second-order valence-corrected chi connectivity index (χ2v) is 4.70. The molecular formula is C10H19N3S. The third-order valence-electron chi connectivity index (χ3n) is 2.25. The summed E-state index contributed by atoms with van der Waals surface area (Å²) in [4.78, 5) is 0. The Balaban J connectivity index is 2.40. The maximum absolute atomic E-state index is 4.07. The molecule has 0 saturated carbocycles. The molecule has 1 unspecified atom stereocenters. The number of rotatable bonds is 6. The van der Waals surface area contributed by atoms with Crippen LogP contribution in [0.1, 0.15) is 44.5 Å². The van der Waals surface area contributed by atoms with Crippen molar-refractivity contribution < 1.29 is 0 Å². The quantitative estimate of drug-likeness (QED) is 0.788. The molecule has 1 heterocycles. The Morgan fingerprint density at radius 2 is 2.14 bits per heavy atom. The number of unbranched alkanes of at least 4 members (excludes halogenated alkanes) is 1. The van der Waals surface area contributed by atoms with E-state index in [1.54, 1.807) is 11.3 Å². The van der Waals surface area contributed by atoms with Gasteiger partial charge >= 0.3 is 0 Å². The molecule has 0 spiro atoms. The van der Waals surface area contributed by atoms with Crippen molar-refractivity contribution in [3.8, 4) is 0 Å². The predicted molar refractivity (Wildman–Crippen MR) is 61.9 cm³/mol. The van der Waals surface area contributed by atoms with Crippen LogP contribution >= 0.6 is 11.3 Å². The molecule has 3 nitrogen and oxygen atoms in total. The van der Waals surface area contributed by atoms with Gasteiger partial charge < -0.3 is 5.32 Å². The highest BCUT2D eigenvalue weighted by Gasteiger charge is 2.07. The van der Waals surface area contributed by atoms with E-state index in [0.717, 1.165) is 16.6 Å². The largest absolute Gasteiger partial charge is 0.357 e. The molecule has 0 aliphatic rings. The molecule has 0 amide bonds. The van der Waals surface area contributed by atoms with Crippen LogP contribution in [0.15, 0.2) is 0 Å². The van der Waals surface area contributed by atoms with Crippen LogP contribution in [0.3, 0.4) is 0 Å². The van der Waals surface area contributed by atoms with E-state index in [0.29, 0.717) is 6.04 Å². The van der Waals surface area contributed by atoms with Gasteiger partial charge in [-0.25, -0.2) is 0 Å². The molecule has 0 aromatic carbocycles. The molecule has 80 valence electrons. The van der Waals surface area contributed by atoms with Crippen LogP contribution in [0.25, 0.3) is 0 Å². The molecule has 0 aliphatic heterocycles. The third kappa shape index (κ3) is 3.62. The van der Waals surface area contributed by atoms with Crippen molar-refractivity contribution in [3.05, 3.63) is 5.01 Å². The van der Waals surface area contributed by atoms with Crippen molar-refractivity contribution in [1.29, 1.82) is 0 Å². The van der Waals surface area contributed by atoms with Crippen molar-refractivity contribution in [1.82, 2.24) is 10.2 Å². The second-order valence-electron chi connectivity index (χ2n) is 3.52. The molecule has 0 bridgehead atoms. The zero-order valence-electron chi connectivity index (χ0n) is 9.21. The maximum Gasteiger partial charge on any atom is 0.205 e. The molecule has 1 aromatic rings. The third-order valence-corrected chi connectivity index (χ3v) is 3.02. The van der Waals surface area contributed by atoms with E-state index < -0.39 is 0 Å². The van der Waals surface area contributed by atoms with Gasteiger partial charge in [-0.15, -0.1) is 10.2 Å². The number of hydrogen-bond donors (Lipinski definition) is 1. The Morgan fingerprint density at radius 1 is 1.36 bits per heavy atom. The molecule has 1 aromatic heterocycles. The minimum Gasteiger partial charge on any atom is -0.357 e. The van der Waals surface area contributed by atoms with E-state index in [2.05, 4.69) is 29.4 Å². The van der Waals surface area contributed by atoms with Crippen LogP contribution in [-0.4, -0.2) is 16.2 Å². The van der Waals surface area contributed by atoms with E-state index in [-0.39, 0.29) is 0 Å². The molecular weight excluding hydrogens is 194 g/mol. The van der Waals surface area contributed by atoms with Crippen molar-refractivity contribution in [2.24, 2.45) is 0 Å². The topological polar surface area (TPSA) is 37.8 Å². The van der Waals surface area contributed by atoms with E-state index in [4.69, 9.17) is 0 Å². The summed E-state index contributed by atoms with van der Waals surface area (Å²) in [6.45, 7) is 6.42. The van der Waals surface area contributed by atoms with E-state index in [9.17, 15) is 0 Å². The molecule has 1 atom stereocenters. The molecule has 0 aliphatic carbocycles. The molecule has 0 fully saturated rings. The zero-order chi connectivity index (χ0) is 10.4. The fourth-order valence-corrected chi connectivity index (χ4v) is 2.03. The Labute approximate surface area is 89.9 Å². The van der Waals surface area contributed by atoms with Crippen molar-refractivity contribution in [3.63, 3.8) is 0 Å². The zero-order valence-corrected chi connectivity index (χ0v) is 10.0. The van der Waals surface area contributed by atoms with Gasteiger partial charge in [-0.1, -0.05) is 38.0 Å². The van der Waals surface area contributed by atoms with E-state index in [1.165, 1.54) is 19.3 Å². The minimum absolute atomic E-state index is 0.558. The fourth-order valence-electron chi connectivity index (χ4n) is 1.36. The number of hydrogen-bond acceptors (Lipinski definition) is 4. The van der Waals surface area contributed by atoms with Gasteiger partial charge in [0.1, 0.15) is 5.01 Å². The number of anilines is 1. The maximum atomic E-state index is 4.07. The standard InChI is InChI=1S/C10H19N3S/c1-4-6-7-9(5-2)11-10-13-12-8(3)14-10/h9H,4-7H2,1-3H3,(H,11,13). The first-order valence-electron chi connectivity index (χ1n) is 5.32. The molecule has 0 radical (unpaired) electrons. The average molecular weight is 213 g/mol. The lowest BCUT2D eigenvalue weighted by Gasteiger charge is -2.14. The van der Waals surface area contributed by atoms with Crippen molar-refractivity contribution in [2.45, 2.75) is 52.5 Å². The summed E-state index contributed by atoms with van der Waals surface area (Å²) in [5.74, 6) is 0. The summed E-state index contributed by atoms with van der Waals surface area (Å²) >= 11 is 1.63. The minimum atomic E-state index is 0.558. The van der Waals surface area contributed by atoms with Crippen LogP contribution in [0.4, 0.5) is 5.13 Å². The summed E-state index contributed by atoms with van der Waals surface area (Å²) in [5.41, 5.74) is 0. The number of nitrogens with one attached hydrogen (secondary N) is 1. The predicted octanol–water partition coefficient (Wildman–Crippen LogP) is 3.23. The Hall–Kier alpha value is -0.640. The highest BCUT2D eigenvalue weighted by molar-refractivity contribution is 7.15. The smallest absolute Gasteiger partial charge is 0.205 e. The normalized spacial score (nSPS) is 12.8. The van der Waals surface area contributed by atoms with Crippen LogP contribution in [0.5, 0.6) is 0 Å². The van der Waals surface area contributed by atoms with Gasteiger partial charge in [0.15, 0.2) is 0 Å². The van der Waals surface area contributed by atoms with Crippen LogP contribution < -0.4 is 5.32 Å². The van der Waals surface area contributed by atoms with Gasteiger partial charge in [0.2, 0.25) is 5.13 Å². The Kier molecular flexibility index (Phi) is 4.87. The Bertz CT molecular complexity index is 260. The first kappa shape index (κ1) is 11.4. The van der Waals surface area contributed by atoms with Gasteiger partial charge in [-0.3, -0.25) is 0 Å².